The highest BCUT2D eigenvalue weighted by Gasteiger charge is 2.15. The third kappa shape index (κ3) is 4.51. The molecule has 1 aromatic carbocycles. The van der Waals surface area contributed by atoms with Gasteiger partial charge in [-0.15, -0.1) is 0 Å². The maximum atomic E-state index is 12.4. The SMILES string of the molecule is COc1ccc2c(CC(=O)NCc3ccc(N4CCN(C)CC4)nc3)coc2c1. The number of benzene rings is 1. The average Bonchev–Trinajstić information content (AvgIpc) is 3.15. The van der Waals surface area contributed by atoms with E-state index in [1.54, 1.807) is 13.4 Å². The number of nitrogens with zero attached hydrogens (tertiary/aromatic N) is 3. The number of aromatic nitrogens is 1. The molecule has 0 spiro atoms. The van der Waals surface area contributed by atoms with E-state index in [0.717, 1.165) is 59.8 Å². The lowest BCUT2D eigenvalue weighted by Crippen LogP contribution is -2.44. The number of fused-ring (bicyclic) bond motifs is 1. The molecule has 7 nitrogen and oxygen atoms in total. The van der Waals surface area contributed by atoms with Crippen LogP contribution in [-0.2, 0) is 17.8 Å². The van der Waals surface area contributed by atoms with Gasteiger partial charge >= 0.3 is 0 Å². The predicted molar refractivity (Wildman–Crippen MR) is 112 cm³/mol. The predicted octanol–water partition coefficient (Wildman–Crippen LogP) is 2.45. The minimum Gasteiger partial charge on any atom is -0.497 e. The molecule has 3 aromatic rings. The monoisotopic (exact) mass is 394 g/mol. The van der Waals surface area contributed by atoms with Crippen LogP contribution < -0.4 is 15.0 Å². The number of pyridine rings is 1. The molecule has 1 aliphatic rings. The van der Waals surface area contributed by atoms with Crippen molar-refractivity contribution in [1.82, 2.24) is 15.2 Å². The van der Waals surface area contributed by atoms with Crippen molar-refractivity contribution in [3.8, 4) is 5.75 Å². The molecular formula is C22H26N4O3. The number of ether oxygens (including phenoxy) is 1. The van der Waals surface area contributed by atoms with E-state index in [9.17, 15) is 4.79 Å². The lowest BCUT2D eigenvalue weighted by molar-refractivity contribution is -0.120. The molecule has 1 fully saturated rings. The summed E-state index contributed by atoms with van der Waals surface area (Å²) in [4.78, 5) is 21.6. The second-order valence-electron chi connectivity index (χ2n) is 7.39. The summed E-state index contributed by atoms with van der Waals surface area (Å²) in [6.45, 7) is 4.54. The number of carbonyl (C=O) groups excluding carboxylic acids is 1. The van der Waals surface area contributed by atoms with Gasteiger partial charge in [0.1, 0.15) is 17.2 Å². The van der Waals surface area contributed by atoms with E-state index in [0.29, 0.717) is 6.54 Å². The number of amides is 1. The van der Waals surface area contributed by atoms with Gasteiger partial charge in [-0.25, -0.2) is 4.98 Å². The minimum atomic E-state index is -0.0494. The molecule has 4 rings (SSSR count). The second kappa shape index (κ2) is 8.53. The van der Waals surface area contributed by atoms with Crippen LogP contribution in [0.3, 0.4) is 0 Å². The Bertz CT molecular complexity index is 975. The second-order valence-corrected chi connectivity index (χ2v) is 7.39. The van der Waals surface area contributed by atoms with Crippen LogP contribution in [0.15, 0.2) is 47.2 Å². The van der Waals surface area contributed by atoms with Crippen molar-refractivity contribution in [2.24, 2.45) is 0 Å². The number of methoxy groups -OCH3 is 1. The Morgan fingerprint density at radius 2 is 2.03 bits per heavy atom. The molecule has 2 aromatic heterocycles. The topological polar surface area (TPSA) is 70.8 Å². The number of carbonyl (C=O) groups is 1. The summed E-state index contributed by atoms with van der Waals surface area (Å²) in [6, 6.07) is 9.67. The van der Waals surface area contributed by atoms with Crippen LogP contribution in [0.5, 0.6) is 5.75 Å². The molecule has 0 aliphatic carbocycles. The van der Waals surface area contributed by atoms with Crippen LogP contribution >= 0.6 is 0 Å². The molecule has 0 atom stereocenters. The highest BCUT2D eigenvalue weighted by Crippen LogP contribution is 2.25. The van der Waals surface area contributed by atoms with Crippen molar-refractivity contribution < 1.29 is 13.9 Å². The molecule has 1 N–H and O–H groups in total. The van der Waals surface area contributed by atoms with Gasteiger partial charge < -0.3 is 24.3 Å². The number of anilines is 1. The standard InChI is InChI=1S/C22H26N4O3/c1-25-7-9-26(10-8-25)21-6-3-16(13-23-21)14-24-22(27)11-17-15-29-20-12-18(28-2)4-5-19(17)20/h3-6,12-13,15H,7-11,14H2,1-2H3,(H,24,27). The first kappa shape index (κ1) is 19.3. The molecule has 152 valence electrons. The van der Waals surface area contributed by atoms with Crippen LogP contribution in [0.4, 0.5) is 5.82 Å². The van der Waals surface area contributed by atoms with Crippen LogP contribution in [0.1, 0.15) is 11.1 Å². The number of nitrogens with one attached hydrogen (secondary N) is 1. The molecule has 1 saturated heterocycles. The number of hydrogen-bond donors (Lipinski definition) is 1. The van der Waals surface area contributed by atoms with Crippen LogP contribution in [0, 0.1) is 0 Å². The largest absolute Gasteiger partial charge is 0.497 e. The van der Waals surface area contributed by atoms with Gasteiger partial charge in [-0.3, -0.25) is 4.79 Å². The van der Waals surface area contributed by atoms with Crippen molar-refractivity contribution in [2.45, 2.75) is 13.0 Å². The van der Waals surface area contributed by atoms with Gasteiger partial charge in [-0.1, -0.05) is 6.07 Å². The fraction of sp³-hybridized carbons (Fsp3) is 0.364. The molecule has 0 unspecified atom stereocenters. The Hall–Kier alpha value is -3.06. The zero-order chi connectivity index (χ0) is 20.2. The van der Waals surface area contributed by atoms with E-state index in [2.05, 4.69) is 27.1 Å². The maximum Gasteiger partial charge on any atom is 0.224 e. The Balaban J connectivity index is 1.31. The van der Waals surface area contributed by atoms with Crippen molar-refractivity contribution in [2.75, 3.05) is 45.2 Å². The van der Waals surface area contributed by atoms with Gasteiger partial charge in [0.05, 0.1) is 19.8 Å². The third-order valence-corrected chi connectivity index (χ3v) is 5.34. The molecule has 0 saturated carbocycles. The van der Waals surface area contributed by atoms with Crippen LogP contribution in [0.2, 0.25) is 0 Å². The van der Waals surface area contributed by atoms with E-state index in [1.165, 1.54) is 0 Å². The van der Waals surface area contributed by atoms with E-state index in [1.807, 2.05) is 36.5 Å². The van der Waals surface area contributed by atoms with Crippen molar-refractivity contribution in [3.63, 3.8) is 0 Å². The first-order valence-corrected chi connectivity index (χ1v) is 9.81. The average molecular weight is 394 g/mol. The van der Waals surface area contributed by atoms with Crippen molar-refractivity contribution >= 4 is 22.7 Å². The zero-order valence-corrected chi connectivity index (χ0v) is 16.9. The fourth-order valence-corrected chi connectivity index (χ4v) is 3.51. The van der Waals surface area contributed by atoms with Gasteiger partial charge in [0.25, 0.3) is 0 Å². The Labute approximate surface area is 170 Å². The van der Waals surface area contributed by atoms with E-state index < -0.39 is 0 Å². The van der Waals surface area contributed by atoms with Gasteiger partial charge in [-0.05, 0) is 30.8 Å². The molecule has 0 bridgehead atoms. The molecule has 29 heavy (non-hydrogen) atoms. The first-order chi connectivity index (χ1) is 14.1. The Morgan fingerprint density at radius 1 is 1.21 bits per heavy atom. The lowest BCUT2D eigenvalue weighted by atomic mass is 10.1. The van der Waals surface area contributed by atoms with Crippen LogP contribution in [0.25, 0.3) is 11.0 Å². The van der Waals surface area contributed by atoms with Gasteiger partial charge in [0, 0.05) is 55.9 Å². The molecule has 1 amide bonds. The normalized spacial score (nSPS) is 14.9. The van der Waals surface area contributed by atoms with E-state index >= 15 is 0 Å². The van der Waals surface area contributed by atoms with Crippen LogP contribution in [-0.4, -0.2) is 56.1 Å². The summed E-state index contributed by atoms with van der Waals surface area (Å²) >= 11 is 0. The van der Waals surface area contributed by atoms with E-state index in [4.69, 9.17) is 9.15 Å². The summed E-state index contributed by atoms with van der Waals surface area (Å²) in [5.41, 5.74) is 2.57. The third-order valence-electron chi connectivity index (χ3n) is 5.34. The number of hydrogen-bond acceptors (Lipinski definition) is 6. The smallest absolute Gasteiger partial charge is 0.224 e. The minimum absolute atomic E-state index is 0.0494. The lowest BCUT2D eigenvalue weighted by Gasteiger charge is -2.33. The summed E-state index contributed by atoms with van der Waals surface area (Å²) in [5.74, 6) is 1.68. The first-order valence-electron chi connectivity index (χ1n) is 9.81. The fourth-order valence-electron chi connectivity index (χ4n) is 3.51. The number of furan rings is 1. The van der Waals surface area contributed by atoms with Crippen molar-refractivity contribution in [3.05, 3.63) is 53.9 Å². The summed E-state index contributed by atoms with van der Waals surface area (Å²) < 4.78 is 10.8. The van der Waals surface area contributed by atoms with Gasteiger partial charge in [0.2, 0.25) is 5.91 Å². The molecule has 3 heterocycles. The molecular weight excluding hydrogens is 368 g/mol. The number of piperazine rings is 1. The van der Waals surface area contributed by atoms with Gasteiger partial charge in [-0.2, -0.15) is 0 Å². The molecule has 7 heteroatoms. The van der Waals surface area contributed by atoms with Crippen molar-refractivity contribution in [1.29, 1.82) is 0 Å². The zero-order valence-electron chi connectivity index (χ0n) is 16.9. The molecule has 0 radical (unpaired) electrons. The maximum absolute atomic E-state index is 12.4. The Kier molecular flexibility index (Phi) is 5.67. The number of likely N-dealkylation sites (N-methyl/N-ethyl adjacent to an activating group) is 1. The highest BCUT2D eigenvalue weighted by atomic mass is 16.5. The summed E-state index contributed by atoms with van der Waals surface area (Å²) in [5, 5.41) is 3.89. The van der Waals surface area contributed by atoms with E-state index in [-0.39, 0.29) is 12.3 Å². The Morgan fingerprint density at radius 3 is 2.76 bits per heavy atom. The van der Waals surface area contributed by atoms with Gasteiger partial charge in [0.15, 0.2) is 0 Å². The summed E-state index contributed by atoms with van der Waals surface area (Å²) in [7, 11) is 3.75. The molecule has 1 aliphatic heterocycles. The quantitative estimate of drug-likeness (QED) is 0.693. The number of rotatable bonds is 6. The highest BCUT2D eigenvalue weighted by molar-refractivity contribution is 5.88. The summed E-state index contributed by atoms with van der Waals surface area (Å²) in [6.07, 6.45) is 3.75.